The average molecular weight is 367 g/mol. The summed E-state index contributed by atoms with van der Waals surface area (Å²) in [6, 6.07) is 10.4. The molecule has 0 bridgehead atoms. The second-order valence-electron chi connectivity index (χ2n) is 5.50. The molecule has 1 heterocycles. The molecule has 1 unspecified atom stereocenters. The Hall–Kier alpha value is -2.11. The first kappa shape index (κ1) is 16.7. The van der Waals surface area contributed by atoms with Crippen molar-refractivity contribution in [3.05, 3.63) is 58.3 Å². The Morgan fingerprint density at radius 2 is 2.00 bits per heavy atom. The molecular formula is C17H13Cl2FN2O2. The fourth-order valence-electron chi connectivity index (χ4n) is 2.63. The summed E-state index contributed by atoms with van der Waals surface area (Å²) >= 11 is 12.0. The van der Waals surface area contributed by atoms with Gasteiger partial charge in [0, 0.05) is 23.7 Å². The van der Waals surface area contributed by atoms with Gasteiger partial charge in [-0.1, -0.05) is 29.3 Å². The molecule has 124 valence electrons. The molecule has 1 atom stereocenters. The van der Waals surface area contributed by atoms with E-state index in [9.17, 15) is 14.0 Å². The summed E-state index contributed by atoms with van der Waals surface area (Å²) in [5.41, 5.74) is 0.877. The molecular weight excluding hydrogens is 354 g/mol. The zero-order valence-electron chi connectivity index (χ0n) is 12.4. The first-order valence-electron chi connectivity index (χ1n) is 7.26. The van der Waals surface area contributed by atoms with Crippen LogP contribution in [-0.4, -0.2) is 18.4 Å². The second-order valence-corrected chi connectivity index (χ2v) is 6.34. The molecule has 24 heavy (non-hydrogen) atoms. The average Bonchev–Trinajstić information content (AvgIpc) is 2.89. The normalized spacial score (nSPS) is 17.2. The van der Waals surface area contributed by atoms with E-state index in [2.05, 4.69) is 5.32 Å². The topological polar surface area (TPSA) is 49.4 Å². The molecule has 1 N–H and O–H groups in total. The molecule has 0 radical (unpaired) electrons. The molecule has 0 aliphatic carbocycles. The van der Waals surface area contributed by atoms with Crippen LogP contribution < -0.4 is 10.2 Å². The standard InChI is InChI=1S/C17H13Cl2FN2O2/c18-11-4-5-15(14(19)7-11)22-9-10(6-16(22)23)17(24)21-13-3-1-2-12(20)8-13/h1-5,7-8,10H,6,9H2,(H,21,24). The van der Waals surface area contributed by atoms with E-state index < -0.39 is 11.7 Å². The first-order valence-corrected chi connectivity index (χ1v) is 8.01. The molecule has 4 nitrogen and oxygen atoms in total. The molecule has 2 amide bonds. The Morgan fingerprint density at radius 3 is 2.71 bits per heavy atom. The maximum Gasteiger partial charge on any atom is 0.229 e. The van der Waals surface area contributed by atoms with Crippen LogP contribution in [0.25, 0.3) is 0 Å². The van der Waals surface area contributed by atoms with Crippen molar-refractivity contribution >= 4 is 46.4 Å². The van der Waals surface area contributed by atoms with E-state index in [1.54, 1.807) is 24.3 Å². The van der Waals surface area contributed by atoms with Crippen LogP contribution in [0.3, 0.4) is 0 Å². The molecule has 1 aliphatic heterocycles. The molecule has 2 aromatic rings. The van der Waals surface area contributed by atoms with Gasteiger partial charge in [-0.15, -0.1) is 0 Å². The van der Waals surface area contributed by atoms with E-state index in [1.807, 2.05) is 0 Å². The first-order chi connectivity index (χ1) is 11.4. The molecule has 7 heteroatoms. The van der Waals surface area contributed by atoms with Crippen molar-refractivity contribution in [2.24, 2.45) is 5.92 Å². The Balaban J connectivity index is 1.73. The van der Waals surface area contributed by atoms with E-state index in [1.165, 1.54) is 23.1 Å². The molecule has 1 fully saturated rings. The van der Waals surface area contributed by atoms with Gasteiger partial charge in [0.1, 0.15) is 5.82 Å². The molecule has 2 aromatic carbocycles. The van der Waals surface area contributed by atoms with Gasteiger partial charge in [-0.25, -0.2) is 4.39 Å². The van der Waals surface area contributed by atoms with Crippen molar-refractivity contribution in [3.63, 3.8) is 0 Å². The molecule has 1 saturated heterocycles. The Kier molecular flexibility index (Phi) is 4.73. The summed E-state index contributed by atoms with van der Waals surface area (Å²) < 4.78 is 13.2. The van der Waals surface area contributed by atoms with Crippen LogP contribution in [0.5, 0.6) is 0 Å². The van der Waals surface area contributed by atoms with Crippen LogP contribution in [0.2, 0.25) is 10.0 Å². The zero-order valence-corrected chi connectivity index (χ0v) is 13.9. The maximum absolute atomic E-state index is 13.2. The van der Waals surface area contributed by atoms with Gasteiger partial charge >= 0.3 is 0 Å². The number of carbonyl (C=O) groups excluding carboxylic acids is 2. The fourth-order valence-corrected chi connectivity index (χ4v) is 3.14. The second kappa shape index (κ2) is 6.79. The number of hydrogen-bond donors (Lipinski definition) is 1. The minimum atomic E-state index is -0.535. The monoisotopic (exact) mass is 366 g/mol. The Morgan fingerprint density at radius 1 is 1.21 bits per heavy atom. The lowest BCUT2D eigenvalue weighted by molar-refractivity contribution is -0.122. The molecule has 1 aliphatic rings. The minimum absolute atomic E-state index is 0.0695. The van der Waals surface area contributed by atoms with Crippen molar-refractivity contribution in [2.75, 3.05) is 16.8 Å². The van der Waals surface area contributed by atoms with Crippen LogP contribution in [0, 0.1) is 11.7 Å². The number of nitrogens with one attached hydrogen (secondary N) is 1. The van der Waals surface area contributed by atoms with E-state index in [0.717, 1.165) is 0 Å². The number of amides is 2. The van der Waals surface area contributed by atoms with Gasteiger partial charge in [0.25, 0.3) is 0 Å². The minimum Gasteiger partial charge on any atom is -0.326 e. The maximum atomic E-state index is 13.2. The predicted octanol–water partition coefficient (Wildman–Crippen LogP) is 4.12. The van der Waals surface area contributed by atoms with E-state index in [-0.39, 0.29) is 24.8 Å². The Labute approximate surface area is 148 Å². The third-order valence-electron chi connectivity index (χ3n) is 3.79. The molecule has 3 rings (SSSR count). The highest BCUT2D eigenvalue weighted by atomic mass is 35.5. The third-order valence-corrected chi connectivity index (χ3v) is 4.33. The highest BCUT2D eigenvalue weighted by Gasteiger charge is 2.36. The van der Waals surface area contributed by atoms with Crippen molar-refractivity contribution in [1.29, 1.82) is 0 Å². The summed E-state index contributed by atoms with van der Waals surface area (Å²) in [7, 11) is 0. The number of benzene rings is 2. The van der Waals surface area contributed by atoms with Gasteiger partial charge < -0.3 is 10.2 Å². The van der Waals surface area contributed by atoms with E-state index in [4.69, 9.17) is 23.2 Å². The SMILES string of the molecule is O=C(Nc1cccc(F)c1)C1CC(=O)N(c2ccc(Cl)cc2Cl)C1. The van der Waals surface area contributed by atoms with Crippen molar-refractivity contribution in [1.82, 2.24) is 0 Å². The van der Waals surface area contributed by atoms with Crippen LogP contribution in [0.4, 0.5) is 15.8 Å². The van der Waals surface area contributed by atoms with Crippen LogP contribution in [-0.2, 0) is 9.59 Å². The smallest absolute Gasteiger partial charge is 0.229 e. The predicted molar refractivity (Wildman–Crippen MR) is 92.0 cm³/mol. The van der Waals surface area contributed by atoms with Gasteiger partial charge in [-0.2, -0.15) is 0 Å². The fraction of sp³-hybridized carbons (Fsp3) is 0.176. The lowest BCUT2D eigenvalue weighted by Gasteiger charge is -2.18. The number of rotatable bonds is 3. The highest BCUT2D eigenvalue weighted by molar-refractivity contribution is 6.36. The van der Waals surface area contributed by atoms with Crippen LogP contribution in [0.1, 0.15) is 6.42 Å². The van der Waals surface area contributed by atoms with Gasteiger partial charge in [0.2, 0.25) is 11.8 Å². The van der Waals surface area contributed by atoms with Gasteiger partial charge in [-0.05, 0) is 36.4 Å². The summed E-state index contributed by atoms with van der Waals surface area (Å²) in [6.45, 7) is 0.210. The van der Waals surface area contributed by atoms with Crippen LogP contribution >= 0.6 is 23.2 Å². The molecule has 0 saturated carbocycles. The Bertz CT molecular complexity index is 813. The number of anilines is 2. The quantitative estimate of drug-likeness (QED) is 0.887. The number of halogens is 3. The lowest BCUT2D eigenvalue weighted by atomic mass is 10.1. The van der Waals surface area contributed by atoms with Crippen LogP contribution in [0.15, 0.2) is 42.5 Å². The van der Waals surface area contributed by atoms with Gasteiger partial charge in [0.15, 0.2) is 0 Å². The summed E-state index contributed by atoms with van der Waals surface area (Å²) in [4.78, 5) is 26.0. The summed E-state index contributed by atoms with van der Waals surface area (Å²) in [6.07, 6.45) is 0.0695. The number of carbonyl (C=O) groups is 2. The van der Waals surface area contributed by atoms with Gasteiger partial charge in [0.05, 0.1) is 16.6 Å². The van der Waals surface area contributed by atoms with Gasteiger partial charge in [-0.3, -0.25) is 9.59 Å². The van der Waals surface area contributed by atoms with E-state index >= 15 is 0 Å². The molecule has 0 aromatic heterocycles. The lowest BCUT2D eigenvalue weighted by Crippen LogP contribution is -2.28. The summed E-state index contributed by atoms with van der Waals surface area (Å²) in [5, 5.41) is 3.45. The van der Waals surface area contributed by atoms with E-state index in [0.29, 0.717) is 21.4 Å². The largest absolute Gasteiger partial charge is 0.326 e. The summed E-state index contributed by atoms with van der Waals surface area (Å²) in [5.74, 6) is -1.50. The zero-order chi connectivity index (χ0) is 17.3. The third kappa shape index (κ3) is 3.52. The van der Waals surface area contributed by atoms with Crippen molar-refractivity contribution < 1.29 is 14.0 Å². The highest BCUT2D eigenvalue weighted by Crippen LogP contribution is 2.33. The molecule has 0 spiro atoms. The number of hydrogen-bond acceptors (Lipinski definition) is 2. The number of nitrogens with zero attached hydrogens (tertiary/aromatic N) is 1. The van der Waals surface area contributed by atoms with Crippen molar-refractivity contribution in [2.45, 2.75) is 6.42 Å². The van der Waals surface area contributed by atoms with Crippen molar-refractivity contribution in [3.8, 4) is 0 Å².